The number of morpholine rings is 1. The minimum atomic E-state index is -1.71. The Balaban J connectivity index is 1.94. The van der Waals surface area contributed by atoms with Crippen molar-refractivity contribution in [2.24, 2.45) is 0 Å². The second-order valence-electron chi connectivity index (χ2n) is 5.05. The summed E-state index contributed by atoms with van der Waals surface area (Å²) >= 11 is 29.8. The summed E-state index contributed by atoms with van der Waals surface area (Å²) in [4.78, 5) is 13.9. The zero-order valence-electron chi connectivity index (χ0n) is 12.4. The zero-order chi connectivity index (χ0) is 17.7. The van der Waals surface area contributed by atoms with Gasteiger partial charge in [0.15, 0.2) is 0 Å². The number of alkyl carbamates (subject to hydrolysis) is 1. The van der Waals surface area contributed by atoms with Crippen molar-refractivity contribution in [3.05, 3.63) is 33.8 Å². The molecule has 1 aromatic rings. The van der Waals surface area contributed by atoms with Gasteiger partial charge in [0.1, 0.15) is 12.8 Å². The van der Waals surface area contributed by atoms with Crippen molar-refractivity contribution >= 4 is 64.1 Å². The third-order valence-corrected chi connectivity index (χ3v) is 4.56. The van der Waals surface area contributed by atoms with Crippen LogP contribution in [0.15, 0.2) is 18.2 Å². The van der Waals surface area contributed by atoms with E-state index in [1.165, 1.54) is 0 Å². The van der Waals surface area contributed by atoms with Crippen LogP contribution in [-0.4, -0.2) is 47.3 Å². The smallest absolute Gasteiger partial charge is 0.408 e. The molecule has 0 spiro atoms. The highest BCUT2D eigenvalue weighted by atomic mass is 35.6. The average Bonchev–Trinajstić information content (AvgIpc) is 2.51. The molecule has 1 aromatic carbocycles. The summed E-state index contributed by atoms with van der Waals surface area (Å²) in [5.74, 6) is 0. The van der Waals surface area contributed by atoms with Crippen LogP contribution in [-0.2, 0) is 16.1 Å². The predicted molar refractivity (Wildman–Crippen MR) is 96.3 cm³/mol. The van der Waals surface area contributed by atoms with E-state index in [-0.39, 0.29) is 6.61 Å². The van der Waals surface area contributed by atoms with Gasteiger partial charge in [0, 0.05) is 28.7 Å². The van der Waals surface area contributed by atoms with Gasteiger partial charge in [0.25, 0.3) is 0 Å². The minimum absolute atomic E-state index is 0.0302. The lowest BCUT2D eigenvalue weighted by Crippen LogP contribution is -2.58. The molecule has 0 radical (unpaired) electrons. The first kappa shape index (κ1) is 20.2. The fourth-order valence-corrected chi connectivity index (χ4v) is 3.19. The van der Waals surface area contributed by atoms with Gasteiger partial charge in [0.05, 0.1) is 13.2 Å². The number of nitrogens with zero attached hydrogens (tertiary/aromatic N) is 1. The first-order valence-corrected chi connectivity index (χ1v) is 8.92. The van der Waals surface area contributed by atoms with E-state index in [0.717, 1.165) is 0 Å². The first-order chi connectivity index (χ1) is 11.3. The van der Waals surface area contributed by atoms with Gasteiger partial charge < -0.3 is 14.8 Å². The number of hydrogen-bond acceptors (Lipinski definition) is 4. The van der Waals surface area contributed by atoms with E-state index >= 15 is 0 Å². The maximum atomic E-state index is 12.1. The number of carbonyl (C=O) groups excluding carboxylic acids is 1. The molecule has 0 saturated carbocycles. The van der Waals surface area contributed by atoms with Crippen LogP contribution in [0.4, 0.5) is 4.79 Å². The van der Waals surface area contributed by atoms with E-state index in [4.69, 9.17) is 67.5 Å². The van der Waals surface area contributed by atoms with Crippen molar-refractivity contribution in [3.8, 4) is 0 Å². The number of hydrogen-bond donors (Lipinski definition) is 1. The summed E-state index contributed by atoms with van der Waals surface area (Å²) in [5, 5.41) is 3.47. The van der Waals surface area contributed by atoms with Crippen LogP contribution in [0.3, 0.4) is 0 Å². The molecule has 1 N–H and O–H groups in total. The van der Waals surface area contributed by atoms with Crippen molar-refractivity contribution in [1.29, 1.82) is 0 Å². The normalized spacial score (nSPS) is 17.4. The summed E-state index contributed by atoms with van der Waals surface area (Å²) in [6.45, 7) is 2.02. The Morgan fingerprint density at radius 1 is 1.29 bits per heavy atom. The summed E-state index contributed by atoms with van der Waals surface area (Å²) in [6, 6.07) is 4.89. The SMILES string of the molecule is O=C(N[C@H](N1CCOCC1)C(Cl)(Cl)Cl)OCc1ccc(Cl)cc1Cl. The maximum Gasteiger partial charge on any atom is 0.408 e. The number of nitrogens with one attached hydrogen (secondary N) is 1. The molecule has 10 heteroatoms. The predicted octanol–water partition coefficient (Wildman–Crippen LogP) is 4.25. The molecule has 0 aliphatic carbocycles. The maximum absolute atomic E-state index is 12.1. The van der Waals surface area contributed by atoms with E-state index in [9.17, 15) is 4.79 Å². The van der Waals surface area contributed by atoms with Gasteiger partial charge in [-0.25, -0.2) is 4.79 Å². The summed E-state index contributed by atoms with van der Waals surface area (Å²) < 4.78 is 8.70. The molecule has 0 unspecified atom stereocenters. The number of rotatable bonds is 4. The van der Waals surface area contributed by atoms with Gasteiger partial charge >= 0.3 is 6.09 Å². The Morgan fingerprint density at radius 2 is 1.96 bits per heavy atom. The molecule has 1 atom stereocenters. The highest BCUT2D eigenvalue weighted by molar-refractivity contribution is 6.68. The summed E-state index contributed by atoms with van der Waals surface area (Å²) in [5.41, 5.74) is 0.619. The Kier molecular flexibility index (Phi) is 7.56. The molecule has 1 amide bonds. The van der Waals surface area contributed by atoms with E-state index in [2.05, 4.69) is 5.32 Å². The number of ether oxygens (including phenoxy) is 2. The minimum Gasteiger partial charge on any atom is -0.445 e. The van der Waals surface area contributed by atoms with Gasteiger partial charge in [-0.3, -0.25) is 4.90 Å². The molecule has 5 nitrogen and oxygen atoms in total. The number of benzene rings is 1. The standard InChI is InChI=1S/C14H15Cl5N2O3/c15-10-2-1-9(11(16)7-10)8-24-13(22)20-12(14(17,18)19)21-3-5-23-6-4-21/h1-2,7,12H,3-6,8H2,(H,20,22)/t12-/m1/s1. The molecule has 1 heterocycles. The van der Waals surface area contributed by atoms with Gasteiger partial charge in [0.2, 0.25) is 3.79 Å². The highest BCUT2D eigenvalue weighted by Crippen LogP contribution is 2.32. The van der Waals surface area contributed by atoms with Crippen molar-refractivity contribution in [2.75, 3.05) is 26.3 Å². The monoisotopic (exact) mass is 434 g/mol. The van der Waals surface area contributed by atoms with Gasteiger partial charge in [-0.05, 0) is 12.1 Å². The Labute approximate surface area is 165 Å². The fourth-order valence-electron chi connectivity index (χ4n) is 2.15. The molecule has 24 heavy (non-hydrogen) atoms. The molecule has 1 saturated heterocycles. The second-order valence-corrected chi connectivity index (χ2v) is 8.26. The third-order valence-electron chi connectivity index (χ3n) is 3.35. The van der Waals surface area contributed by atoms with Gasteiger partial charge in [-0.2, -0.15) is 0 Å². The van der Waals surface area contributed by atoms with Crippen molar-refractivity contribution in [3.63, 3.8) is 0 Å². The quantitative estimate of drug-likeness (QED) is 0.717. The molecule has 2 rings (SSSR count). The molecular weight excluding hydrogens is 421 g/mol. The number of halogens is 5. The largest absolute Gasteiger partial charge is 0.445 e. The molecule has 1 aliphatic heterocycles. The summed E-state index contributed by atoms with van der Waals surface area (Å²) in [6.07, 6.45) is -1.55. The van der Waals surface area contributed by atoms with Crippen LogP contribution in [0.2, 0.25) is 10.0 Å². The number of alkyl halides is 3. The van der Waals surface area contributed by atoms with E-state index in [1.807, 2.05) is 4.90 Å². The van der Waals surface area contributed by atoms with Crippen molar-refractivity contribution < 1.29 is 14.3 Å². The van der Waals surface area contributed by atoms with Gasteiger partial charge in [-0.15, -0.1) is 0 Å². The first-order valence-electron chi connectivity index (χ1n) is 7.03. The Morgan fingerprint density at radius 3 is 2.54 bits per heavy atom. The average molecular weight is 437 g/mol. The molecule has 0 bridgehead atoms. The van der Waals surface area contributed by atoms with Crippen molar-refractivity contribution in [1.82, 2.24) is 10.2 Å². The molecular formula is C14H15Cl5N2O3. The number of carbonyl (C=O) groups is 1. The fraction of sp³-hybridized carbons (Fsp3) is 0.500. The van der Waals surface area contributed by atoms with Crippen LogP contribution >= 0.6 is 58.0 Å². The Bertz CT molecular complexity index is 576. The van der Waals surface area contributed by atoms with Gasteiger partial charge in [-0.1, -0.05) is 64.1 Å². The number of amides is 1. The summed E-state index contributed by atoms with van der Waals surface area (Å²) in [7, 11) is 0. The van der Waals surface area contributed by atoms with E-state index in [0.29, 0.717) is 41.9 Å². The van der Waals surface area contributed by atoms with Crippen LogP contribution in [0, 0.1) is 0 Å². The van der Waals surface area contributed by atoms with Crippen molar-refractivity contribution in [2.45, 2.75) is 16.6 Å². The molecule has 1 fully saturated rings. The van der Waals surface area contributed by atoms with E-state index in [1.54, 1.807) is 18.2 Å². The lowest BCUT2D eigenvalue weighted by Gasteiger charge is -2.37. The van der Waals surface area contributed by atoms with Crippen LogP contribution in [0.25, 0.3) is 0 Å². The highest BCUT2D eigenvalue weighted by Gasteiger charge is 2.39. The van der Waals surface area contributed by atoms with E-state index < -0.39 is 16.1 Å². The molecule has 0 aromatic heterocycles. The second kappa shape index (κ2) is 8.99. The zero-order valence-corrected chi connectivity index (χ0v) is 16.2. The molecule has 1 aliphatic rings. The third kappa shape index (κ3) is 5.99. The lowest BCUT2D eigenvalue weighted by molar-refractivity contribution is 0.00867. The van der Waals surface area contributed by atoms with Crippen LogP contribution in [0.5, 0.6) is 0 Å². The Hall–Kier alpha value is -0.140. The van der Waals surface area contributed by atoms with Crippen LogP contribution in [0.1, 0.15) is 5.56 Å². The molecule has 134 valence electrons. The van der Waals surface area contributed by atoms with Crippen LogP contribution < -0.4 is 5.32 Å². The lowest BCUT2D eigenvalue weighted by atomic mass is 10.2. The topological polar surface area (TPSA) is 50.8 Å².